The van der Waals surface area contributed by atoms with Gasteiger partial charge in [0.25, 0.3) is 0 Å². The molecule has 0 radical (unpaired) electrons. The van der Waals surface area contributed by atoms with Crippen molar-refractivity contribution in [3.05, 3.63) is 41.2 Å². The SMILES string of the molecule is c1cnc2c(c1)CCC[C@@H]2Nc1nccs1. The number of aryl methyl sites for hydroxylation is 1. The average Bonchev–Trinajstić information content (AvgIpc) is 2.82. The lowest BCUT2D eigenvalue weighted by atomic mass is 9.92. The van der Waals surface area contributed by atoms with Gasteiger partial charge in [-0.2, -0.15) is 0 Å². The van der Waals surface area contributed by atoms with Gasteiger partial charge in [-0.25, -0.2) is 4.98 Å². The van der Waals surface area contributed by atoms with Gasteiger partial charge in [-0.05, 0) is 30.9 Å². The van der Waals surface area contributed by atoms with E-state index in [1.54, 1.807) is 11.3 Å². The van der Waals surface area contributed by atoms with Gasteiger partial charge in [0.2, 0.25) is 0 Å². The fourth-order valence-electron chi connectivity index (χ4n) is 2.19. The van der Waals surface area contributed by atoms with E-state index in [-0.39, 0.29) is 0 Å². The maximum absolute atomic E-state index is 4.50. The lowest BCUT2D eigenvalue weighted by Crippen LogP contribution is -2.18. The minimum absolute atomic E-state index is 0.330. The van der Waals surface area contributed by atoms with Gasteiger partial charge in [0, 0.05) is 17.8 Å². The topological polar surface area (TPSA) is 37.8 Å². The smallest absolute Gasteiger partial charge is 0.183 e. The second kappa shape index (κ2) is 4.22. The zero-order valence-corrected chi connectivity index (χ0v) is 9.70. The number of nitrogens with one attached hydrogen (secondary N) is 1. The highest BCUT2D eigenvalue weighted by Crippen LogP contribution is 2.31. The highest BCUT2D eigenvalue weighted by Gasteiger charge is 2.21. The number of pyridine rings is 1. The van der Waals surface area contributed by atoms with E-state index in [1.165, 1.54) is 17.7 Å². The quantitative estimate of drug-likeness (QED) is 0.863. The third-order valence-corrected chi connectivity index (χ3v) is 3.63. The third-order valence-electron chi connectivity index (χ3n) is 2.93. The van der Waals surface area contributed by atoms with Crippen molar-refractivity contribution in [2.45, 2.75) is 25.3 Å². The lowest BCUT2D eigenvalue weighted by Gasteiger charge is -2.24. The Kier molecular flexibility index (Phi) is 2.58. The predicted octanol–water partition coefficient (Wildman–Crippen LogP) is 3.03. The zero-order valence-electron chi connectivity index (χ0n) is 8.89. The standard InChI is InChI=1S/C12H13N3S/c1-3-9-4-2-6-13-11(9)10(5-1)15-12-14-7-8-16-12/h2,4,6-8,10H,1,3,5H2,(H,14,15)/t10-/m0/s1. The summed E-state index contributed by atoms with van der Waals surface area (Å²) < 4.78 is 0. The van der Waals surface area contributed by atoms with E-state index in [0.29, 0.717) is 6.04 Å². The Morgan fingerprint density at radius 2 is 2.31 bits per heavy atom. The Hall–Kier alpha value is -1.42. The summed E-state index contributed by atoms with van der Waals surface area (Å²) in [6, 6.07) is 4.53. The summed E-state index contributed by atoms with van der Waals surface area (Å²) in [5, 5.41) is 6.44. The van der Waals surface area contributed by atoms with Gasteiger partial charge in [-0.1, -0.05) is 6.07 Å². The van der Waals surface area contributed by atoms with E-state index in [2.05, 4.69) is 21.4 Å². The van der Waals surface area contributed by atoms with Gasteiger partial charge in [-0.15, -0.1) is 11.3 Å². The van der Waals surface area contributed by atoms with Crippen LogP contribution < -0.4 is 5.32 Å². The largest absolute Gasteiger partial charge is 0.353 e. The molecule has 0 saturated heterocycles. The van der Waals surface area contributed by atoms with Crippen LogP contribution in [0.4, 0.5) is 5.13 Å². The van der Waals surface area contributed by atoms with Crippen LogP contribution in [0.2, 0.25) is 0 Å². The van der Waals surface area contributed by atoms with Gasteiger partial charge in [0.1, 0.15) is 0 Å². The summed E-state index contributed by atoms with van der Waals surface area (Å²) in [5.74, 6) is 0. The number of nitrogens with zero attached hydrogens (tertiary/aromatic N) is 2. The van der Waals surface area contributed by atoms with Crippen LogP contribution in [0.15, 0.2) is 29.9 Å². The molecule has 1 N–H and O–H groups in total. The molecule has 0 spiro atoms. The zero-order chi connectivity index (χ0) is 10.8. The highest BCUT2D eigenvalue weighted by atomic mass is 32.1. The van der Waals surface area contributed by atoms with E-state index in [1.807, 2.05) is 23.8 Å². The summed E-state index contributed by atoms with van der Waals surface area (Å²) in [6.07, 6.45) is 7.22. The van der Waals surface area contributed by atoms with Crippen molar-refractivity contribution in [2.75, 3.05) is 5.32 Å². The monoisotopic (exact) mass is 231 g/mol. The molecule has 2 aromatic heterocycles. The number of fused-ring (bicyclic) bond motifs is 1. The van der Waals surface area contributed by atoms with Gasteiger partial charge in [0.15, 0.2) is 5.13 Å². The molecule has 0 bridgehead atoms. The molecule has 1 aliphatic carbocycles. The molecule has 3 rings (SSSR count). The minimum Gasteiger partial charge on any atom is -0.353 e. The van der Waals surface area contributed by atoms with E-state index >= 15 is 0 Å². The van der Waals surface area contributed by atoms with Crippen LogP contribution in [0.25, 0.3) is 0 Å². The first-order valence-corrected chi connectivity index (χ1v) is 6.41. The fraction of sp³-hybridized carbons (Fsp3) is 0.333. The van der Waals surface area contributed by atoms with Crippen LogP contribution in [-0.4, -0.2) is 9.97 Å². The van der Waals surface area contributed by atoms with E-state index in [9.17, 15) is 0 Å². The second-order valence-corrected chi connectivity index (χ2v) is 4.87. The maximum Gasteiger partial charge on any atom is 0.183 e. The number of anilines is 1. The molecule has 0 saturated carbocycles. The van der Waals surface area contributed by atoms with Crippen LogP contribution in [0, 0.1) is 0 Å². The third kappa shape index (κ3) is 1.80. The number of hydrogen-bond acceptors (Lipinski definition) is 4. The Morgan fingerprint density at radius 1 is 1.31 bits per heavy atom. The van der Waals surface area contributed by atoms with Crippen LogP contribution >= 0.6 is 11.3 Å². The molecule has 16 heavy (non-hydrogen) atoms. The molecule has 0 aromatic carbocycles. The van der Waals surface area contributed by atoms with E-state index in [0.717, 1.165) is 18.0 Å². The molecule has 0 fully saturated rings. The van der Waals surface area contributed by atoms with Crippen LogP contribution in [0.3, 0.4) is 0 Å². The lowest BCUT2D eigenvalue weighted by molar-refractivity contribution is 0.583. The van der Waals surface area contributed by atoms with Crippen molar-refractivity contribution in [3.63, 3.8) is 0 Å². The molecule has 82 valence electrons. The molecular formula is C12H13N3S. The molecule has 2 aromatic rings. The van der Waals surface area contributed by atoms with Gasteiger partial charge in [-0.3, -0.25) is 4.98 Å². The van der Waals surface area contributed by atoms with E-state index in [4.69, 9.17) is 0 Å². The number of rotatable bonds is 2. The molecular weight excluding hydrogens is 218 g/mol. The first kappa shape index (κ1) is 9.78. The minimum atomic E-state index is 0.330. The summed E-state index contributed by atoms with van der Waals surface area (Å²) in [4.78, 5) is 8.76. The molecule has 2 heterocycles. The first-order valence-electron chi connectivity index (χ1n) is 5.53. The van der Waals surface area contributed by atoms with Crippen molar-refractivity contribution >= 4 is 16.5 Å². The van der Waals surface area contributed by atoms with E-state index < -0.39 is 0 Å². The maximum atomic E-state index is 4.50. The second-order valence-electron chi connectivity index (χ2n) is 3.97. The summed E-state index contributed by atoms with van der Waals surface area (Å²) in [7, 11) is 0. The fourth-order valence-corrected chi connectivity index (χ4v) is 2.78. The predicted molar refractivity (Wildman–Crippen MR) is 65.7 cm³/mol. The van der Waals surface area contributed by atoms with Gasteiger partial charge in [0.05, 0.1) is 11.7 Å². The Balaban J connectivity index is 1.87. The Bertz CT molecular complexity index is 467. The summed E-state index contributed by atoms with van der Waals surface area (Å²) in [5.41, 5.74) is 2.58. The molecule has 0 unspecified atom stereocenters. The molecule has 1 aliphatic rings. The Labute approximate surface area is 98.6 Å². The number of aromatic nitrogens is 2. The Morgan fingerprint density at radius 3 is 3.19 bits per heavy atom. The van der Waals surface area contributed by atoms with Crippen molar-refractivity contribution in [1.82, 2.24) is 9.97 Å². The summed E-state index contributed by atoms with van der Waals surface area (Å²) >= 11 is 1.64. The van der Waals surface area contributed by atoms with Gasteiger partial charge < -0.3 is 5.32 Å². The van der Waals surface area contributed by atoms with Gasteiger partial charge >= 0.3 is 0 Å². The molecule has 0 aliphatic heterocycles. The normalized spacial score (nSPS) is 19.1. The van der Waals surface area contributed by atoms with Crippen LogP contribution in [0.1, 0.15) is 30.1 Å². The average molecular weight is 231 g/mol. The summed E-state index contributed by atoms with van der Waals surface area (Å²) in [6.45, 7) is 0. The van der Waals surface area contributed by atoms with Crippen molar-refractivity contribution in [2.24, 2.45) is 0 Å². The van der Waals surface area contributed by atoms with Crippen molar-refractivity contribution in [1.29, 1.82) is 0 Å². The first-order chi connectivity index (χ1) is 7.93. The number of thiazole rings is 1. The van der Waals surface area contributed by atoms with Crippen LogP contribution in [0.5, 0.6) is 0 Å². The van der Waals surface area contributed by atoms with Crippen molar-refractivity contribution < 1.29 is 0 Å². The molecule has 4 heteroatoms. The number of hydrogen-bond donors (Lipinski definition) is 1. The van der Waals surface area contributed by atoms with Crippen molar-refractivity contribution in [3.8, 4) is 0 Å². The molecule has 0 amide bonds. The molecule has 3 nitrogen and oxygen atoms in total. The molecule has 1 atom stereocenters. The van der Waals surface area contributed by atoms with Crippen LogP contribution in [-0.2, 0) is 6.42 Å². The highest BCUT2D eigenvalue weighted by molar-refractivity contribution is 7.13.